The Kier molecular flexibility index (Phi) is 9.19. The average Bonchev–Trinajstić information content (AvgIpc) is 2.39. The molecule has 0 aromatic carbocycles. The van der Waals surface area contributed by atoms with E-state index in [4.69, 9.17) is 5.11 Å². The molecule has 2 nitrogen and oxygen atoms in total. The summed E-state index contributed by atoms with van der Waals surface area (Å²) in [4.78, 5) is 11.6. The fraction of sp³-hybridized carbons (Fsp3) is 0.938. The second-order valence-electron chi connectivity index (χ2n) is 5.75. The van der Waals surface area contributed by atoms with Gasteiger partial charge in [0, 0.05) is 18.9 Å². The van der Waals surface area contributed by atoms with Crippen LogP contribution in [0.5, 0.6) is 0 Å². The fourth-order valence-electron chi connectivity index (χ4n) is 2.92. The van der Waals surface area contributed by atoms with Gasteiger partial charge in [-0.3, -0.25) is 4.79 Å². The van der Waals surface area contributed by atoms with Gasteiger partial charge in [0.15, 0.2) is 0 Å². The zero-order valence-corrected chi connectivity index (χ0v) is 11.8. The average molecular weight is 254 g/mol. The van der Waals surface area contributed by atoms with Crippen molar-refractivity contribution in [2.45, 2.75) is 83.5 Å². The standard InChI is InChI=1S/C16H30O2/c17-14-10-6-4-2-1-3-5-7-11-15-12-8-9-13-16(15)18/h15,17H,1-14H2. The number of rotatable bonds is 10. The lowest BCUT2D eigenvalue weighted by atomic mass is 9.84. The summed E-state index contributed by atoms with van der Waals surface area (Å²) in [5.74, 6) is 0.938. The van der Waals surface area contributed by atoms with Gasteiger partial charge in [-0.15, -0.1) is 0 Å². The Morgan fingerprint density at radius 1 is 0.889 bits per heavy atom. The molecule has 0 saturated heterocycles. The van der Waals surface area contributed by atoms with E-state index in [-0.39, 0.29) is 0 Å². The normalized spacial score (nSPS) is 20.3. The Bertz CT molecular complexity index is 213. The van der Waals surface area contributed by atoms with Gasteiger partial charge in [-0.25, -0.2) is 0 Å². The highest BCUT2D eigenvalue weighted by molar-refractivity contribution is 5.81. The maximum Gasteiger partial charge on any atom is 0.135 e. The van der Waals surface area contributed by atoms with Crippen LogP contribution in [-0.4, -0.2) is 17.5 Å². The van der Waals surface area contributed by atoms with Crippen LogP contribution in [0, 0.1) is 5.92 Å². The maximum atomic E-state index is 11.6. The lowest BCUT2D eigenvalue weighted by Gasteiger charge is -2.20. The Morgan fingerprint density at radius 3 is 2.11 bits per heavy atom. The van der Waals surface area contributed by atoms with Gasteiger partial charge in [-0.1, -0.05) is 51.4 Å². The van der Waals surface area contributed by atoms with Crippen LogP contribution in [-0.2, 0) is 4.79 Å². The zero-order valence-electron chi connectivity index (χ0n) is 11.8. The number of Topliss-reactive ketones (excluding diaryl/α,β-unsaturated/α-hetero) is 1. The van der Waals surface area contributed by atoms with Crippen molar-refractivity contribution in [1.82, 2.24) is 0 Å². The van der Waals surface area contributed by atoms with Crippen molar-refractivity contribution in [3.8, 4) is 0 Å². The first-order valence-electron chi connectivity index (χ1n) is 7.98. The van der Waals surface area contributed by atoms with Crippen molar-refractivity contribution in [2.24, 2.45) is 5.92 Å². The maximum absolute atomic E-state index is 11.6. The number of hydrogen-bond acceptors (Lipinski definition) is 2. The van der Waals surface area contributed by atoms with E-state index in [0.29, 0.717) is 18.3 Å². The third-order valence-corrected chi connectivity index (χ3v) is 4.14. The summed E-state index contributed by atoms with van der Waals surface area (Å²) >= 11 is 0. The highest BCUT2D eigenvalue weighted by Gasteiger charge is 2.20. The second kappa shape index (κ2) is 10.5. The minimum Gasteiger partial charge on any atom is -0.396 e. The molecule has 1 aliphatic rings. The summed E-state index contributed by atoms with van der Waals surface area (Å²) in [6.07, 6.45) is 15.4. The zero-order chi connectivity index (χ0) is 13.1. The number of unbranched alkanes of at least 4 members (excludes halogenated alkanes) is 7. The van der Waals surface area contributed by atoms with Gasteiger partial charge >= 0.3 is 0 Å². The first kappa shape index (κ1) is 15.7. The van der Waals surface area contributed by atoms with Crippen molar-refractivity contribution in [2.75, 3.05) is 6.61 Å². The van der Waals surface area contributed by atoms with Gasteiger partial charge in [0.25, 0.3) is 0 Å². The summed E-state index contributed by atoms with van der Waals surface area (Å²) in [5.41, 5.74) is 0. The smallest absolute Gasteiger partial charge is 0.135 e. The van der Waals surface area contributed by atoms with Gasteiger partial charge < -0.3 is 5.11 Å². The van der Waals surface area contributed by atoms with Gasteiger partial charge in [0.2, 0.25) is 0 Å². The molecular weight excluding hydrogens is 224 g/mol. The molecule has 18 heavy (non-hydrogen) atoms. The molecule has 0 heterocycles. The second-order valence-corrected chi connectivity index (χ2v) is 5.75. The molecule has 1 N–H and O–H groups in total. The fourth-order valence-corrected chi connectivity index (χ4v) is 2.92. The van der Waals surface area contributed by atoms with Crippen LogP contribution in [0.4, 0.5) is 0 Å². The van der Waals surface area contributed by atoms with Crippen molar-refractivity contribution in [3.63, 3.8) is 0 Å². The topological polar surface area (TPSA) is 37.3 Å². The number of aliphatic hydroxyl groups excluding tert-OH is 1. The molecule has 0 amide bonds. The Balaban J connectivity index is 1.84. The molecule has 1 aliphatic carbocycles. The Morgan fingerprint density at radius 2 is 1.50 bits per heavy atom. The molecule has 1 unspecified atom stereocenters. The molecule has 1 atom stereocenters. The van der Waals surface area contributed by atoms with Crippen LogP contribution < -0.4 is 0 Å². The first-order chi connectivity index (χ1) is 8.84. The molecule has 106 valence electrons. The molecule has 0 bridgehead atoms. The van der Waals surface area contributed by atoms with E-state index in [0.717, 1.165) is 32.1 Å². The lowest BCUT2D eigenvalue weighted by molar-refractivity contribution is -0.124. The molecule has 0 spiro atoms. The minimum absolute atomic E-state index is 0.343. The third kappa shape index (κ3) is 7.15. The van der Waals surface area contributed by atoms with E-state index in [1.807, 2.05) is 0 Å². The monoisotopic (exact) mass is 254 g/mol. The van der Waals surface area contributed by atoms with Gasteiger partial charge in [0.1, 0.15) is 5.78 Å². The number of hydrogen-bond donors (Lipinski definition) is 1. The van der Waals surface area contributed by atoms with Crippen LogP contribution in [0.1, 0.15) is 83.5 Å². The molecular formula is C16H30O2. The first-order valence-corrected chi connectivity index (χ1v) is 7.98. The highest BCUT2D eigenvalue weighted by Crippen LogP contribution is 2.25. The summed E-state index contributed by atoms with van der Waals surface area (Å²) in [7, 11) is 0. The summed E-state index contributed by atoms with van der Waals surface area (Å²) < 4.78 is 0. The summed E-state index contributed by atoms with van der Waals surface area (Å²) in [5, 5.41) is 8.66. The molecule has 0 aromatic rings. The van der Waals surface area contributed by atoms with E-state index in [1.165, 1.54) is 51.4 Å². The van der Waals surface area contributed by atoms with Gasteiger partial charge in [-0.2, -0.15) is 0 Å². The Labute approximate surface area is 112 Å². The lowest BCUT2D eigenvalue weighted by Crippen LogP contribution is -2.18. The van der Waals surface area contributed by atoms with Crippen molar-refractivity contribution < 1.29 is 9.90 Å². The largest absolute Gasteiger partial charge is 0.396 e. The minimum atomic E-state index is 0.343. The molecule has 0 aromatic heterocycles. The molecule has 1 fully saturated rings. The predicted molar refractivity (Wildman–Crippen MR) is 75.6 cm³/mol. The molecule has 0 aliphatic heterocycles. The van der Waals surface area contributed by atoms with Crippen molar-refractivity contribution in [1.29, 1.82) is 0 Å². The number of aliphatic hydroxyl groups is 1. The summed E-state index contributed by atoms with van der Waals surface area (Å²) in [6.45, 7) is 0.343. The van der Waals surface area contributed by atoms with Crippen molar-refractivity contribution in [3.05, 3.63) is 0 Å². The van der Waals surface area contributed by atoms with Crippen LogP contribution in [0.15, 0.2) is 0 Å². The van der Waals surface area contributed by atoms with E-state index in [9.17, 15) is 4.79 Å². The van der Waals surface area contributed by atoms with Gasteiger partial charge in [-0.05, 0) is 25.7 Å². The quantitative estimate of drug-likeness (QED) is 0.592. The van der Waals surface area contributed by atoms with E-state index < -0.39 is 0 Å². The van der Waals surface area contributed by atoms with Crippen LogP contribution >= 0.6 is 0 Å². The third-order valence-electron chi connectivity index (χ3n) is 4.14. The van der Waals surface area contributed by atoms with Crippen LogP contribution in [0.3, 0.4) is 0 Å². The SMILES string of the molecule is O=C1CCCCC1CCCCCCCCCCO. The number of carbonyl (C=O) groups is 1. The molecule has 1 saturated carbocycles. The van der Waals surface area contributed by atoms with E-state index >= 15 is 0 Å². The summed E-state index contributed by atoms with van der Waals surface area (Å²) in [6, 6.07) is 0. The number of carbonyl (C=O) groups excluding carboxylic acids is 1. The highest BCUT2D eigenvalue weighted by atomic mass is 16.2. The number of ketones is 1. The predicted octanol–water partition coefficient (Wildman–Crippen LogP) is 4.25. The van der Waals surface area contributed by atoms with E-state index in [2.05, 4.69) is 0 Å². The van der Waals surface area contributed by atoms with Gasteiger partial charge in [0.05, 0.1) is 0 Å². The van der Waals surface area contributed by atoms with Crippen LogP contribution in [0.25, 0.3) is 0 Å². The van der Waals surface area contributed by atoms with Crippen molar-refractivity contribution >= 4 is 5.78 Å². The van der Waals surface area contributed by atoms with E-state index in [1.54, 1.807) is 0 Å². The molecule has 2 heteroatoms. The molecule has 0 radical (unpaired) electrons. The Hall–Kier alpha value is -0.370. The van der Waals surface area contributed by atoms with Crippen LogP contribution in [0.2, 0.25) is 0 Å². The molecule has 1 rings (SSSR count).